The van der Waals surface area contributed by atoms with Gasteiger partial charge in [-0.2, -0.15) is 5.10 Å². The van der Waals surface area contributed by atoms with E-state index in [4.69, 9.17) is 0 Å². The minimum Gasteiger partial charge on any atom is -0.396 e. The van der Waals surface area contributed by atoms with Gasteiger partial charge in [0.1, 0.15) is 5.71 Å². The topological polar surface area (TPSA) is 82.0 Å². The molecule has 0 aromatic rings. The second-order valence-corrected chi connectivity index (χ2v) is 5.87. The maximum atomic E-state index is 12.1. The van der Waals surface area contributed by atoms with Crippen LogP contribution in [0.15, 0.2) is 5.10 Å². The van der Waals surface area contributed by atoms with Crippen molar-refractivity contribution in [3.05, 3.63) is 0 Å². The van der Waals surface area contributed by atoms with Crippen LogP contribution in [-0.4, -0.2) is 47.8 Å². The fourth-order valence-corrected chi connectivity index (χ4v) is 2.90. The minimum atomic E-state index is -0.220. The van der Waals surface area contributed by atoms with Gasteiger partial charge in [0.15, 0.2) is 0 Å². The van der Waals surface area contributed by atoms with Gasteiger partial charge in [-0.05, 0) is 12.8 Å². The summed E-state index contributed by atoms with van der Waals surface area (Å²) in [5.74, 6) is -0.289. The molecule has 6 heteroatoms. The first kappa shape index (κ1) is 15.0. The highest BCUT2D eigenvalue weighted by molar-refractivity contribution is 6.39. The van der Waals surface area contributed by atoms with Gasteiger partial charge in [0.05, 0.1) is 6.61 Å². The van der Waals surface area contributed by atoms with Crippen LogP contribution in [0.5, 0.6) is 0 Å². The molecule has 0 radical (unpaired) electrons. The number of aliphatic hydroxyl groups is 1. The number of hydrogen-bond donors (Lipinski definition) is 2. The van der Waals surface area contributed by atoms with Crippen LogP contribution in [0.1, 0.15) is 44.9 Å². The number of hydrazone groups is 1. The largest absolute Gasteiger partial charge is 0.396 e. The molecule has 0 unspecified atom stereocenters. The van der Waals surface area contributed by atoms with Crippen molar-refractivity contribution in [2.75, 3.05) is 20.2 Å². The summed E-state index contributed by atoms with van der Waals surface area (Å²) in [6.45, 7) is 0.594. The molecular weight excluding hydrogens is 258 g/mol. The fraction of sp³-hybridized carbons (Fsp3) is 0.786. The molecule has 0 bridgehead atoms. The fourth-order valence-electron chi connectivity index (χ4n) is 2.90. The van der Waals surface area contributed by atoms with Gasteiger partial charge in [-0.3, -0.25) is 9.59 Å². The quantitative estimate of drug-likeness (QED) is 0.794. The monoisotopic (exact) mass is 281 g/mol. The van der Waals surface area contributed by atoms with Crippen molar-refractivity contribution in [1.82, 2.24) is 10.3 Å². The molecular formula is C14H23N3O3. The lowest BCUT2D eigenvalue weighted by atomic mass is 9.74. The van der Waals surface area contributed by atoms with Gasteiger partial charge in [0, 0.05) is 31.8 Å². The Morgan fingerprint density at radius 1 is 1.35 bits per heavy atom. The van der Waals surface area contributed by atoms with E-state index >= 15 is 0 Å². The maximum absolute atomic E-state index is 12.1. The number of hydrogen-bond acceptors (Lipinski definition) is 4. The molecule has 1 heterocycles. The molecule has 20 heavy (non-hydrogen) atoms. The van der Waals surface area contributed by atoms with Crippen LogP contribution in [-0.2, 0) is 9.59 Å². The molecule has 1 aliphatic heterocycles. The lowest BCUT2D eigenvalue weighted by molar-refractivity contribution is -0.130. The number of carbonyl (C=O) groups excluding carboxylic acids is 2. The average molecular weight is 281 g/mol. The maximum Gasteiger partial charge on any atom is 0.267 e. The predicted octanol–water partition coefficient (Wildman–Crippen LogP) is 0.654. The summed E-state index contributed by atoms with van der Waals surface area (Å²) in [4.78, 5) is 23.4. The zero-order chi connectivity index (χ0) is 14.6. The molecule has 0 saturated heterocycles. The molecule has 2 rings (SSSR count). The van der Waals surface area contributed by atoms with Crippen LogP contribution >= 0.6 is 0 Å². The lowest BCUT2D eigenvalue weighted by Gasteiger charge is -2.35. The van der Waals surface area contributed by atoms with E-state index in [1.807, 2.05) is 0 Å². The molecule has 6 nitrogen and oxygen atoms in total. The first-order chi connectivity index (χ1) is 9.56. The van der Waals surface area contributed by atoms with E-state index in [1.54, 1.807) is 7.05 Å². The minimum absolute atomic E-state index is 0.0688. The van der Waals surface area contributed by atoms with E-state index in [9.17, 15) is 14.7 Å². The van der Waals surface area contributed by atoms with Gasteiger partial charge < -0.3 is 10.4 Å². The second kappa shape index (κ2) is 6.35. The molecule has 0 atom stereocenters. The smallest absolute Gasteiger partial charge is 0.267 e. The van der Waals surface area contributed by atoms with Crippen molar-refractivity contribution in [2.45, 2.75) is 44.9 Å². The van der Waals surface area contributed by atoms with Crippen molar-refractivity contribution in [3.63, 3.8) is 0 Å². The Hall–Kier alpha value is -1.43. The van der Waals surface area contributed by atoms with Gasteiger partial charge in [-0.25, -0.2) is 5.01 Å². The zero-order valence-electron chi connectivity index (χ0n) is 12.0. The Morgan fingerprint density at radius 2 is 2.05 bits per heavy atom. The normalized spacial score (nSPS) is 22.4. The van der Waals surface area contributed by atoms with E-state index in [0.29, 0.717) is 25.1 Å². The summed E-state index contributed by atoms with van der Waals surface area (Å²) in [5, 5.41) is 17.7. The summed E-state index contributed by atoms with van der Waals surface area (Å²) in [6, 6.07) is 0. The number of amides is 2. The van der Waals surface area contributed by atoms with Crippen LogP contribution in [0.25, 0.3) is 0 Å². The predicted molar refractivity (Wildman–Crippen MR) is 75.1 cm³/mol. The van der Waals surface area contributed by atoms with E-state index < -0.39 is 0 Å². The Labute approximate surface area is 119 Å². The summed E-state index contributed by atoms with van der Waals surface area (Å²) in [7, 11) is 1.56. The molecule has 1 saturated carbocycles. The third kappa shape index (κ3) is 3.36. The summed E-state index contributed by atoms with van der Waals surface area (Å²) < 4.78 is 0. The van der Waals surface area contributed by atoms with E-state index in [1.165, 1.54) is 11.4 Å². The highest BCUT2D eigenvalue weighted by Crippen LogP contribution is 2.35. The van der Waals surface area contributed by atoms with E-state index in [2.05, 4.69) is 10.4 Å². The van der Waals surface area contributed by atoms with Crippen molar-refractivity contribution in [2.24, 2.45) is 10.5 Å². The summed E-state index contributed by atoms with van der Waals surface area (Å²) in [5.41, 5.74) is 0.223. The zero-order valence-corrected chi connectivity index (χ0v) is 12.0. The van der Waals surface area contributed by atoms with Crippen LogP contribution < -0.4 is 5.32 Å². The van der Waals surface area contributed by atoms with E-state index in [-0.39, 0.29) is 23.8 Å². The lowest BCUT2D eigenvalue weighted by Crippen LogP contribution is -2.45. The Kier molecular flexibility index (Phi) is 4.75. The summed E-state index contributed by atoms with van der Waals surface area (Å²) >= 11 is 0. The standard InChI is InChI=1S/C14H23N3O3/c1-17-12(19)6-5-11(16-17)13(20)15-9-14(10-18)7-3-2-4-8-14/h18H,2-10H2,1H3,(H,15,20). The van der Waals surface area contributed by atoms with Gasteiger partial charge >= 0.3 is 0 Å². The number of nitrogens with zero attached hydrogens (tertiary/aromatic N) is 2. The molecule has 0 aromatic heterocycles. The van der Waals surface area contributed by atoms with Crippen LogP contribution in [0.4, 0.5) is 0 Å². The van der Waals surface area contributed by atoms with Crippen molar-refractivity contribution >= 4 is 17.5 Å². The van der Waals surface area contributed by atoms with Crippen molar-refractivity contribution < 1.29 is 14.7 Å². The van der Waals surface area contributed by atoms with Gasteiger partial charge in [0.25, 0.3) is 5.91 Å². The molecule has 2 aliphatic rings. The van der Waals surface area contributed by atoms with Gasteiger partial charge in [0.2, 0.25) is 5.91 Å². The number of rotatable bonds is 4. The Balaban J connectivity index is 1.91. The third-order valence-electron chi connectivity index (χ3n) is 4.34. The van der Waals surface area contributed by atoms with Crippen LogP contribution in [0.3, 0.4) is 0 Å². The van der Waals surface area contributed by atoms with Gasteiger partial charge in [-0.15, -0.1) is 0 Å². The Morgan fingerprint density at radius 3 is 2.65 bits per heavy atom. The molecule has 0 spiro atoms. The highest BCUT2D eigenvalue weighted by atomic mass is 16.3. The molecule has 1 aliphatic carbocycles. The number of nitrogens with one attached hydrogen (secondary N) is 1. The van der Waals surface area contributed by atoms with Crippen LogP contribution in [0.2, 0.25) is 0 Å². The Bertz CT molecular complexity index is 414. The SMILES string of the molecule is CN1N=C(C(=O)NCC2(CO)CCCCC2)CCC1=O. The first-order valence-corrected chi connectivity index (χ1v) is 7.29. The average Bonchev–Trinajstić information content (AvgIpc) is 2.48. The molecule has 2 amide bonds. The molecule has 112 valence electrons. The second-order valence-electron chi connectivity index (χ2n) is 5.87. The molecule has 1 fully saturated rings. The van der Waals surface area contributed by atoms with Crippen molar-refractivity contribution in [3.8, 4) is 0 Å². The number of aliphatic hydroxyl groups excluding tert-OH is 1. The van der Waals surface area contributed by atoms with E-state index in [0.717, 1.165) is 25.7 Å². The van der Waals surface area contributed by atoms with Crippen molar-refractivity contribution in [1.29, 1.82) is 0 Å². The summed E-state index contributed by atoms with van der Waals surface area (Å²) in [6.07, 6.45) is 6.04. The number of carbonyl (C=O) groups is 2. The van der Waals surface area contributed by atoms with Crippen LogP contribution in [0, 0.1) is 5.41 Å². The molecule has 0 aromatic carbocycles. The highest BCUT2D eigenvalue weighted by Gasteiger charge is 2.32. The molecule has 2 N–H and O–H groups in total. The third-order valence-corrected chi connectivity index (χ3v) is 4.34. The first-order valence-electron chi connectivity index (χ1n) is 7.29. The van der Waals surface area contributed by atoms with Gasteiger partial charge in [-0.1, -0.05) is 19.3 Å².